The van der Waals surface area contributed by atoms with Crippen molar-refractivity contribution in [2.24, 2.45) is 0 Å². The molecule has 0 radical (unpaired) electrons. The summed E-state index contributed by atoms with van der Waals surface area (Å²) >= 11 is 0. The SMILES string of the molecule is O=C1CCCN1[C@@H](CNS(=O)(=O)C1CC1)Cc1cccc(F)c1. The Balaban J connectivity index is 1.72. The van der Waals surface area contributed by atoms with Crippen molar-refractivity contribution in [3.8, 4) is 0 Å². The third-order valence-electron chi connectivity index (χ3n) is 4.39. The van der Waals surface area contributed by atoms with Crippen LogP contribution >= 0.6 is 0 Å². The summed E-state index contributed by atoms with van der Waals surface area (Å²) in [6.45, 7) is 0.811. The van der Waals surface area contributed by atoms with Crippen molar-refractivity contribution in [3.05, 3.63) is 35.6 Å². The third kappa shape index (κ3) is 4.09. The Kier molecular flexibility index (Phi) is 4.68. The monoisotopic (exact) mass is 340 g/mol. The van der Waals surface area contributed by atoms with Crippen LogP contribution in [-0.2, 0) is 21.2 Å². The molecule has 3 rings (SSSR count). The van der Waals surface area contributed by atoms with Crippen LogP contribution in [0.3, 0.4) is 0 Å². The van der Waals surface area contributed by atoms with Crippen LogP contribution in [0.25, 0.3) is 0 Å². The fraction of sp³-hybridized carbons (Fsp3) is 0.562. The topological polar surface area (TPSA) is 66.5 Å². The highest BCUT2D eigenvalue weighted by Crippen LogP contribution is 2.27. The second-order valence-corrected chi connectivity index (χ2v) is 8.32. The molecular formula is C16H21FN2O3S. The minimum Gasteiger partial charge on any atom is -0.338 e. The van der Waals surface area contributed by atoms with Crippen molar-refractivity contribution in [1.82, 2.24) is 9.62 Å². The van der Waals surface area contributed by atoms with Crippen LogP contribution in [0.15, 0.2) is 24.3 Å². The lowest BCUT2D eigenvalue weighted by molar-refractivity contribution is -0.129. The highest BCUT2D eigenvalue weighted by Gasteiger charge is 2.37. The summed E-state index contributed by atoms with van der Waals surface area (Å²) in [5.41, 5.74) is 0.764. The van der Waals surface area contributed by atoms with E-state index in [0.717, 1.165) is 12.0 Å². The first-order valence-corrected chi connectivity index (χ1v) is 9.53. The number of amides is 1. The number of nitrogens with one attached hydrogen (secondary N) is 1. The maximum absolute atomic E-state index is 13.4. The summed E-state index contributed by atoms with van der Waals surface area (Å²) in [6.07, 6.45) is 3.12. The van der Waals surface area contributed by atoms with E-state index in [1.54, 1.807) is 17.0 Å². The Morgan fingerprint density at radius 3 is 2.74 bits per heavy atom. The summed E-state index contributed by atoms with van der Waals surface area (Å²) in [6, 6.07) is 5.95. The Labute approximate surface area is 135 Å². The van der Waals surface area contributed by atoms with E-state index in [2.05, 4.69) is 4.72 Å². The van der Waals surface area contributed by atoms with Crippen molar-refractivity contribution in [3.63, 3.8) is 0 Å². The standard InChI is InChI=1S/C16H21FN2O3S/c17-13-4-1-3-12(9-13)10-14(19-8-2-5-16(19)20)11-18-23(21,22)15-6-7-15/h1,3-4,9,14-15,18H,2,5-8,10-11H2/t14-/m1/s1. The largest absolute Gasteiger partial charge is 0.338 e. The number of carbonyl (C=O) groups is 1. The number of sulfonamides is 1. The van der Waals surface area contributed by atoms with Crippen LogP contribution < -0.4 is 4.72 Å². The average Bonchev–Trinajstić information content (AvgIpc) is 3.27. The lowest BCUT2D eigenvalue weighted by Crippen LogP contribution is -2.46. The molecule has 1 atom stereocenters. The zero-order valence-electron chi connectivity index (χ0n) is 12.9. The Bertz CT molecular complexity index is 688. The van der Waals surface area contributed by atoms with Gasteiger partial charge in [0, 0.05) is 25.6 Å². The highest BCUT2D eigenvalue weighted by molar-refractivity contribution is 7.90. The van der Waals surface area contributed by atoms with Gasteiger partial charge in [0.1, 0.15) is 5.82 Å². The second kappa shape index (κ2) is 6.57. The summed E-state index contributed by atoms with van der Waals surface area (Å²) in [4.78, 5) is 13.7. The smallest absolute Gasteiger partial charge is 0.222 e. The predicted molar refractivity (Wildman–Crippen MR) is 84.8 cm³/mol. The van der Waals surface area contributed by atoms with E-state index in [-0.39, 0.29) is 29.6 Å². The van der Waals surface area contributed by atoms with Crippen LogP contribution in [0.1, 0.15) is 31.2 Å². The van der Waals surface area contributed by atoms with Gasteiger partial charge in [-0.15, -0.1) is 0 Å². The van der Waals surface area contributed by atoms with Gasteiger partial charge < -0.3 is 4.90 Å². The molecule has 23 heavy (non-hydrogen) atoms. The van der Waals surface area contributed by atoms with Gasteiger partial charge in [0.15, 0.2) is 0 Å². The molecular weight excluding hydrogens is 319 g/mol. The zero-order chi connectivity index (χ0) is 16.4. The molecule has 1 aromatic carbocycles. The third-order valence-corrected chi connectivity index (χ3v) is 6.31. The van der Waals surface area contributed by atoms with Crippen LogP contribution in [0.5, 0.6) is 0 Å². The first-order valence-electron chi connectivity index (χ1n) is 7.98. The molecule has 2 aliphatic rings. The highest BCUT2D eigenvalue weighted by atomic mass is 32.2. The van der Waals surface area contributed by atoms with Gasteiger partial charge in [0.05, 0.1) is 5.25 Å². The number of halogens is 1. The maximum Gasteiger partial charge on any atom is 0.222 e. The Hall–Kier alpha value is -1.47. The van der Waals surface area contributed by atoms with Crippen molar-refractivity contribution >= 4 is 15.9 Å². The molecule has 0 aromatic heterocycles. The van der Waals surface area contributed by atoms with E-state index in [1.807, 2.05) is 0 Å². The van der Waals surface area contributed by atoms with E-state index in [1.165, 1.54) is 12.1 Å². The number of benzene rings is 1. The van der Waals surface area contributed by atoms with Gasteiger partial charge in [0.25, 0.3) is 0 Å². The summed E-state index contributed by atoms with van der Waals surface area (Å²) in [5, 5.41) is -0.286. The van der Waals surface area contributed by atoms with Crippen LogP contribution in [0.4, 0.5) is 4.39 Å². The first kappa shape index (κ1) is 16.4. The minimum absolute atomic E-state index is 0.0389. The molecule has 0 unspecified atom stereocenters. The van der Waals surface area contributed by atoms with Crippen LogP contribution in [0, 0.1) is 5.82 Å². The molecule has 1 heterocycles. The quantitative estimate of drug-likeness (QED) is 0.817. The van der Waals surface area contributed by atoms with E-state index >= 15 is 0 Å². The zero-order valence-corrected chi connectivity index (χ0v) is 13.7. The van der Waals surface area contributed by atoms with Crippen molar-refractivity contribution in [1.29, 1.82) is 0 Å². The van der Waals surface area contributed by atoms with Crippen molar-refractivity contribution in [2.45, 2.75) is 43.4 Å². The molecule has 1 saturated carbocycles. The molecule has 1 aliphatic heterocycles. The Morgan fingerprint density at radius 1 is 1.35 bits per heavy atom. The van der Waals surface area contributed by atoms with Gasteiger partial charge in [-0.2, -0.15) is 0 Å². The van der Waals surface area contributed by atoms with Gasteiger partial charge in [-0.05, 0) is 43.4 Å². The summed E-state index contributed by atoms with van der Waals surface area (Å²) < 4.78 is 40.1. The predicted octanol–water partition coefficient (Wildman–Crippen LogP) is 1.44. The van der Waals surface area contributed by atoms with Gasteiger partial charge in [-0.3, -0.25) is 4.79 Å². The molecule has 7 heteroatoms. The van der Waals surface area contributed by atoms with Gasteiger partial charge >= 0.3 is 0 Å². The number of rotatable bonds is 7. The summed E-state index contributed by atoms with van der Waals surface area (Å²) in [5.74, 6) is -0.287. The summed E-state index contributed by atoms with van der Waals surface area (Å²) in [7, 11) is -3.29. The molecule has 1 saturated heterocycles. The van der Waals surface area contributed by atoms with Crippen molar-refractivity contribution in [2.75, 3.05) is 13.1 Å². The number of hydrogen-bond donors (Lipinski definition) is 1. The normalized spacial score (nSPS) is 20.0. The first-order chi connectivity index (χ1) is 11.0. The molecule has 5 nitrogen and oxygen atoms in total. The molecule has 1 N–H and O–H groups in total. The number of likely N-dealkylation sites (tertiary alicyclic amines) is 1. The lowest BCUT2D eigenvalue weighted by Gasteiger charge is -2.28. The number of hydrogen-bond acceptors (Lipinski definition) is 3. The molecule has 1 aliphatic carbocycles. The van der Waals surface area contributed by atoms with Crippen LogP contribution in [0.2, 0.25) is 0 Å². The van der Waals surface area contributed by atoms with Gasteiger partial charge in [-0.25, -0.2) is 17.5 Å². The second-order valence-electron chi connectivity index (χ2n) is 6.27. The van der Waals surface area contributed by atoms with Crippen LogP contribution in [-0.4, -0.2) is 43.6 Å². The average molecular weight is 340 g/mol. The molecule has 126 valence electrons. The van der Waals surface area contributed by atoms with E-state index in [0.29, 0.717) is 32.2 Å². The number of nitrogens with zero attached hydrogens (tertiary/aromatic N) is 1. The van der Waals surface area contributed by atoms with Crippen molar-refractivity contribution < 1.29 is 17.6 Å². The number of carbonyl (C=O) groups excluding carboxylic acids is 1. The maximum atomic E-state index is 13.4. The van der Waals surface area contributed by atoms with Gasteiger partial charge in [-0.1, -0.05) is 12.1 Å². The minimum atomic E-state index is -3.29. The Morgan fingerprint density at radius 2 is 2.13 bits per heavy atom. The molecule has 1 amide bonds. The molecule has 1 aromatic rings. The molecule has 0 bridgehead atoms. The fourth-order valence-corrected chi connectivity index (χ4v) is 4.41. The molecule has 2 fully saturated rings. The lowest BCUT2D eigenvalue weighted by atomic mass is 10.0. The van der Waals surface area contributed by atoms with Gasteiger partial charge in [0.2, 0.25) is 15.9 Å². The molecule has 0 spiro atoms. The van der Waals surface area contributed by atoms with E-state index in [4.69, 9.17) is 0 Å². The van der Waals surface area contributed by atoms with E-state index < -0.39 is 10.0 Å². The van der Waals surface area contributed by atoms with E-state index in [9.17, 15) is 17.6 Å². The fourth-order valence-electron chi connectivity index (χ4n) is 2.99.